The number of hydrogen-bond donors (Lipinski definition) is 1. The lowest BCUT2D eigenvalue weighted by molar-refractivity contribution is 0.890. The maximum atomic E-state index is 9.02. The molecule has 3 nitrogen and oxygen atoms in total. The molecule has 0 fully saturated rings. The fourth-order valence-electron chi connectivity index (χ4n) is 1.73. The van der Waals surface area contributed by atoms with Gasteiger partial charge in [0, 0.05) is 4.88 Å². The van der Waals surface area contributed by atoms with Crippen LogP contribution in [0.4, 0.5) is 5.69 Å². The zero-order valence-electron chi connectivity index (χ0n) is 9.77. The average Bonchev–Trinajstić information content (AvgIpc) is 2.76. The quantitative estimate of drug-likeness (QED) is 0.897. The van der Waals surface area contributed by atoms with Crippen LogP contribution in [0.5, 0.6) is 0 Å². The predicted octanol–water partition coefficient (Wildman–Crippen LogP) is 3.50. The van der Waals surface area contributed by atoms with Gasteiger partial charge in [-0.3, -0.25) is 0 Å². The average molecular weight is 243 g/mol. The van der Waals surface area contributed by atoms with Crippen LogP contribution in [0.25, 0.3) is 0 Å². The highest BCUT2D eigenvalue weighted by atomic mass is 32.1. The van der Waals surface area contributed by atoms with E-state index in [2.05, 4.69) is 23.3 Å². The highest BCUT2D eigenvalue weighted by Crippen LogP contribution is 2.26. The van der Waals surface area contributed by atoms with Crippen molar-refractivity contribution in [1.29, 1.82) is 5.26 Å². The van der Waals surface area contributed by atoms with Gasteiger partial charge in [0.15, 0.2) is 0 Å². The Labute approximate surface area is 105 Å². The van der Waals surface area contributed by atoms with Crippen LogP contribution in [-0.4, -0.2) is 4.98 Å². The van der Waals surface area contributed by atoms with Crippen LogP contribution in [0.1, 0.15) is 29.1 Å². The van der Waals surface area contributed by atoms with Crippen molar-refractivity contribution in [2.45, 2.75) is 19.9 Å². The third kappa shape index (κ3) is 2.45. The topological polar surface area (TPSA) is 48.7 Å². The maximum absolute atomic E-state index is 9.02. The first-order valence-corrected chi connectivity index (χ1v) is 6.26. The van der Waals surface area contributed by atoms with E-state index in [1.165, 1.54) is 4.88 Å². The molecule has 0 spiro atoms. The van der Waals surface area contributed by atoms with Gasteiger partial charge in [-0.05, 0) is 26.0 Å². The molecule has 0 aliphatic heterocycles. The second kappa shape index (κ2) is 4.98. The predicted molar refractivity (Wildman–Crippen MR) is 70.0 cm³/mol. The number of thiazole rings is 1. The molecular weight excluding hydrogens is 230 g/mol. The van der Waals surface area contributed by atoms with Gasteiger partial charge in [-0.25, -0.2) is 4.98 Å². The third-order valence-corrected chi connectivity index (χ3v) is 3.71. The zero-order valence-corrected chi connectivity index (χ0v) is 10.6. The Morgan fingerprint density at radius 1 is 1.41 bits per heavy atom. The molecule has 4 heteroatoms. The molecule has 1 N–H and O–H groups in total. The minimum Gasteiger partial charge on any atom is -0.377 e. The maximum Gasteiger partial charge on any atom is 0.101 e. The first-order valence-electron chi connectivity index (χ1n) is 5.38. The highest BCUT2D eigenvalue weighted by Gasteiger charge is 2.12. The summed E-state index contributed by atoms with van der Waals surface area (Å²) >= 11 is 1.63. The van der Waals surface area contributed by atoms with E-state index in [4.69, 9.17) is 5.26 Å². The van der Waals surface area contributed by atoms with Crippen LogP contribution in [0.2, 0.25) is 0 Å². The molecule has 17 heavy (non-hydrogen) atoms. The standard InChI is InChI=1S/C13H13N3S/c1-9-13(17-8-15-9)10(2)16-12-6-4-3-5-11(12)7-14/h3-6,8,10,16H,1-2H3. The Morgan fingerprint density at radius 2 is 2.18 bits per heavy atom. The van der Waals surface area contributed by atoms with E-state index >= 15 is 0 Å². The first-order chi connectivity index (χ1) is 8.22. The number of rotatable bonds is 3. The summed E-state index contributed by atoms with van der Waals surface area (Å²) in [7, 11) is 0. The zero-order chi connectivity index (χ0) is 12.3. The van der Waals surface area contributed by atoms with E-state index in [0.717, 1.165) is 11.4 Å². The summed E-state index contributed by atoms with van der Waals surface area (Å²) < 4.78 is 0. The lowest BCUT2D eigenvalue weighted by atomic mass is 10.1. The Kier molecular flexibility index (Phi) is 3.40. The van der Waals surface area contributed by atoms with Crippen LogP contribution < -0.4 is 5.32 Å². The number of aryl methyl sites for hydroxylation is 1. The van der Waals surface area contributed by atoms with Gasteiger partial charge in [-0.2, -0.15) is 5.26 Å². The van der Waals surface area contributed by atoms with Gasteiger partial charge in [0.2, 0.25) is 0 Å². The SMILES string of the molecule is Cc1ncsc1C(C)Nc1ccccc1C#N. The van der Waals surface area contributed by atoms with Gasteiger partial charge in [-0.15, -0.1) is 11.3 Å². The Hall–Kier alpha value is -1.86. The van der Waals surface area contributed by atoms with Crippen molar-refractivity contribution in [3.8, 4) is 6.07 Å². The largest absolute Gasteiger partial charge is 0.377 e. The van der Waals surface area contributed by atoms with Crippen molar-refractivity contribution in [1.82, 2.24) is 4.98 Å². The molecule has 0 aliphatic rings. The summed E-state index contributed by atoms with van der Waals surface area (Å²) in [5, 5.41) is 12.4. The van der Waals surface area contributed by atoms with Crippen molar-refractivity contribution in [3.63, 3.8) is 0 Å². The van der Waals surface area contributed by atoms with Gasteiger partial charge in [0.05, 0.1) is 28.5 Å². The molecule has 0 radical (unpaired) electrons. The number of hydrogen-bond acceptors (Lipinski definition) is 4. The monoisotopic (exact) mass is 243 g/mol. The van der Waals surface area contributed by atoms with E-state index in [1.54, 1.807) is 11.3 Å². The molecule has 1 unspecified atom stereocenters. The second-order valence-corrected chi connectivity index (χ2v) is 4.71. The molecule has 2 rings (SSSR count). The summed E-state index contributed by atoms with van der Waals surface area (Å²) in [6.45, 7) is 4.08. The van der Waals surface area contributed by atoms with E-state index in [-0.39, 0.29) is 6.04 Å². The van der Waals surface area contributed by atoms with Crippen molar-refractivity contribution < 1.29 is 0 Å². The van der Waals surface area contributed by atoms with Crippen LogP contribution >= 0.6 is 11.3 Å². The van der Waals surface area contributed by atoms with Crippen molar-refractivity contribution >= 4 is 17.0 Å². The summed E-state index contributed by atoms with van der Waals surface area (Å²) in [5.41, 5.74) is 4.43. The van der Waals surface area contributed by atoms with Crippen molar-refractivity contribution in [2.75, 3.05) is 5.32 Å². The fraction of sp³-hybridized carbons (Fsp3) is 0.231. The Bertz CT molecular complexity index is 554. The van der Waals surface area contributed by atoms with Crippen LogP contribution in [-0.2, 0) is 0 Å². The number of nitrogens with zero attached hydrogens (tertiary/aromatic N) is 2. The molecule has 2 aromatic rings. The highest BCUT2D eigenvalue weighted by molar-refractivity contribution is 7.09. The molecule has 1 aromatic heterocycles. The van der Waals surface area contributed by atoms with Gasteiger partial charge >= 0.3 is 0 Å². The number of nitriles is 1. The Balaban J connectivity index is 2.22. The van der Waals surface area contributed by atoms with Crippen LogP contribution in [0.15, 0.2) is 29.8 Å². The minimum absolute atomic E-state index is 0.164. The molecule has 0 aliphatic carbocycles. The number of benzene rings is 1. The molecule has 0 amide bonds. The molecule has 1 heterocycles. The molecule has 0 bridgehead atoms. The van der Waals surface area contributed by atoms with Gasteiger partial charge in [0.25, 0.3) is 0 Å². The van der Waals surface area contributed by atoms with E-state index in [0.29, 0.717) is 5.56 Å². The van der Waals surface area contributed by atoms with Gasteiger partial charge < -0.3 is 5.32 Å². The molecule has 1 aromatic carbocycles. The molecule has 1 atom stereocenters. The number of para-hydroxylation sites is 1. The molecular formula is C13H13N3S. The molecule has 0 saturated heterocycles. The lowest BCUT2D eigenvalue weighted by Crippen LogP contribution is -2.07. The van der Waals surface area contributed by atoms with E-state index in [9.17, 15) is 0 Å². The summed E-state index contributed by atoms with van der Waals surface area (Å²) in [4.78, 5) is 5.44. The van der Waals surface area contributed by atoms with Gasteiger partial charge in [0.1, 0.15) is 6.07 Å². The molecule has 0 saturated carbocycles. The number of aromatic nitrogens is 1. The molecule has 86 valence electrons. The van der Waals surface area contributed by atoms with Gasteiger partial charge in [-0.1, -0.05) is 12.1 Å². The summed E-state index contributed by atoms with van der Waals surface area (Å²) in [6, 6.07) is 9.88. The lowest BCUT2D eigenvalue weighted by Gasteiger charge is -2.15. The fourth-order valence-corrected chi connectivity index (χ4v) is 2.54. The summed E-state index contributed by atoms with van der Waals surface area (Å²) in [5.74, 6) is 0. The smallest absolute Gasteiger partial charge is 0.101 e. The first kappa shape index (κ1) is 11.6. The second-order valence-electron chi connectivity index (χ2n) is 3.83. The van der Waals surface area contributed by atoms with E-state index < -0.39 is 0 Å². The number of nitrogens with one attached hydrogen (secondary N) is 1. The van der Waals surface area contributed by atoms with Crippen LogP contribution in [0, 0.1) is 18.3 Å². The normalized spacial score (nSPS) is 11.8. The van der Waals surface area contributed by atoms with Crippen LogP contribution in [0.3, 0.4) is 0 Å². The van der Waals surface area contributed by atoms with Crippen molar-refractivity contribution in [2.24, 2.45) is 0 Å². The van der Waals surface area contributed by atoms with E-state index in [1.807, 2.05) is 36.7 Å². The van der Waals surface area contributed by atoms with Crippen molar-refractivity contribution in [3.05, 3.63) is 45.9 Å². The third-order valence-electron chi connectivity index (χ3n) is 2.60. The minimum atomic E-state index is 0.164. The summed E-state index contributed by atoms with van der Waals surface area (Å²) in [6.07, 6.45) is 0. The number of anilines is 1. The Morgan fingerprint density at radius 3 is 2.82 bits per heavy atom.